The number of aryl methyl sites for hydroxylation is 1. The number of hydrogen-bond acceptors (Lipinski definition) is 7. The number of amides is 1. The molecule has 2 N–H and O–H groups in total. The zero-order valence-corrected chi connectivity index (χ0v) is 15.4. The van der Waals surface area contributed by atoms with Crippen molar-refractivity contribution < 1.29 is 14.3 Å². The number of carbonyl (C=O) groups is 1. The first-order chi connectivity index (χ1) is 12.6. The number of carbonyl (C=O) groups excluding carboxylic acids is 1. The van der Waals surface area contributed by atoms with Gasteiger partial charge in [-0.3, -0.25) is 10.1 Å². The highest BCUT2D eigenvalue weighted by Gasteiger charge is 2.16. The van der Waals surface area contributed by atoms with Crippen LogP contribution in [0.25, 0.3) is 11.0 Å². The van der Waals surface area contributed by atoms with Gasteiger partial charge in [0.2, 0.25) is 0 Å². The maximum Gasteiger partial charge on any atom is 0.257 e. The molecule has 0 unspecified atom stereocenters. The molecule has 4 rings (SSSR count). The van der Waals surface area contributed by atoms with Crippen molar-refractivity contribution in [1.82, 2.24) is 14.1 Å². The Labute approximate surface area is 158 Å². The summed E-state index contributed by atoms with van der Waals surface area (Å²) in [6, 6.07) is 8.85. The van der Waals surface area contributed by atoms with Gasteiger partial charge in [0, 0.05) is 5.56 Å². The third-order valence-electron chi connectivity index (χ3n) is 3.91. The number of rotatable bonds is 2. The van der Waals surface area contributed by atoms with Crippen LogP contribution in [0.15, 0.2) is 30.3 Å². The van der Waals surface area contributed by atoms with Crippen LogP contribution in [0.3, 0.4) is 0 Å². The van der Waals surface area contributed by atoms with E-state index in [9.17, 15) is 4.79 Å². The van der Waals surface area contributed by atoms with Crippen molar-refractivity contribution in [2.75, 3.05) is 18.5 Å². The molecule has 0 radical (unpaired) electrons. The van der Waals surface area contributed by atoms with Crippen LogP contribution in [0.1, 0.15) is 15.9 Å². The Kier molecular flexibility index (Phi) is 4.39. The topological polar surface area (TPSA) is 85.4 Å². The van der Waals surface area contributed by atoms with Crippen molar-refractivity contribution in [3.63, 3.8) is 0 Å². The van der Waals surface area contributed by atoms with E-state index in [1.807, 2.05) is 19.1 Å². The molecule has 0 atom stereocenters. The summed E-state index contributed by atoms with van der Waals surface area (Å²) in [4.78, 5) is 12.5. The molecule has 0 saturated carbocycles. The summed E-state index contributed by atoms with van der Waals surface area (Å²) in [7, 11) is 0. The lowest BCUT2D eigenvalue weighted by Crippen LogP contribution is -2.34. The average Bonchev–Trinajstić information content (AvgIpc) is 3.12. The third-order valence-corrected chi connectivity index (χ3v) is 4.65. The van der Waals surface area contributed by atoms with E-state index in [-0.39, 0.29) is 11.0 Å². The van der Waals surface area contributed by atoms with Crippen molar-refractivity contribution in [1.29, 1.82) is 0 Å². The van der Waals surface area contributed by atoms with Crippen LogP contribution in [0.2, 0.25) is 0 Å². The molecule has 7 nitrogen and oxygen atoms in total. The zero-order chi connectivity index (χ0) is 18.1. The van der Waals surface area contributed by atoms with E-state index < -0.39 is 0 Å². The van der Waals surface area contributed by atoms with E-state index >= 15 is 0 Å². The Bertz CT molecular complexity index is 1020. The summed E-state index contributed by atoms with van der Waals surface area (Å²) in [5.74, 6) is 0.851. The van der Waals surface area contributed by atoms with Gasteiger partial charge in [0.1, 0.15) is 24.2 Å². The Morgan fingerprint density at radius 3 is 2.81 bits per heavy atom. The molecule has 1 aliphatic rings. The quantitative estimate of drug-likeness (QED) is 0.655. The number of anilines is 1. The van der Waals surface area contributed by atoms with Crippen molar-refractivity contribution >= 4 is 51.7 Å². The average molecular weight is 386 g/mol. The highest BCUT2D eigenvalue weighted by molar-refractivity contribution is 7.80. The van der Waals surface area contributed by atoms with Gasteiger partial charge in [-0.1, -0.05) is 6.07 Å². The van der Waals surface area contributed by atoms with Crippen LogP contribution in [0, 0.1) is 6.92 Å². The second-order valence-electron chi connectivity index (χ2n) is 5.66. The number of nitrogens with one attached hydrogen (secondary N) is 2. The lowest BCUT2D eigenvalue weighted by Gasteiger charge is -2.18. The highest BCUT2D eigenvalue weighted by Crippen LogP contribution is 2.30. The first-order valence-corrected chi connectivity index (χ1v) is 8.99. The summed E-state index contributed by atoms with van der Waals surface area (Å²) >= 11 is 6.42. The molecular formula is C17H14N4O3S2. The maximum atomic E-state index is 12.5. The van der Waals surface area contributed by atoms with Crippen molar-refractivity contribution in [3.05, 3.63) is 41.5 Å². The van der Waals surface area contributed by atoms with Gasteiger partial charge in [-0.05, 0) is 49.0 Å². The minimum Gasteiger partial charge on any atom is -0.486 e. The number of aromatic nitrogens is 2. The van der Waals surface area contributed by atoms with E-state index in [4.69, 9.17) is 21.7 Å². The number of nitrogens with zero attached hydrogens (tertiary/aromatic N) is 2. The number of ether oxygens (including phenoxy) is 2. The molecular weight excluding hydrogens is 372 g/mol. The molecule has 0 aliphatic carbocycles. The molecule has 0 saturated heterocycles. The maximum absolute atomic E-state index is 12.5. The van der Waals surface area contributed by atoms with Crippen LogP contribution in [0.5, 0.6) is 11.5 Å². The molecule has 0 fully saturated rings. The molecule has 0 bridgehead atoms. The number of benzene rings is 2. The fraction of sp³-hybridized carbons (Fsp3) is 0.176. The minimum atomic E-state index is -0.333. The lowest BCUT2D eigenvalue weighted by molar-refractivity contribution is 0.0976. The number of fused-ring (bicyclic) bond motifs is 2. The number of thiocarbonyl (C=S) groups is 1. The van der Waals surface area contributed by atoms with Crippen LogP contribution < -0.4 is 20.1 Å². The fourth-order valence-corrected chi connectivity index (χ4v) is 3.35. The summed E-state index contributed by atoms with van der Waals surface area (Å²) in [5.41, 5.74) is 3.64. The molecule has 1 aromatic heterocycles. The molecule has 132 valence electrons. The Morgan fingerprint density at radius 1 is 1.15 bits per heavy atom. The van der Waals surface area contributed by atoms with E-state index in [0.717, 1.165) is 34.0 Å². The minimum absolute atomic E-state index is 0.188. The zero-order valence-electron chi connectivity index (χ0n) is 13.7. The molecule has 1 amide bonds. The molecule has 26 heavy (non-hydrogen) atoms. The predicted octanol–water partition coefficient (Wildman–Crippen LogP) is 2.90. The molecule has 2 aromatic carbocycles. The van der Waals surface area contributed by atoms with Crippen LogP contribution >= 0.6 is 23.9 Å². The van der Waals surface area contributed by atoms with Crippen molar-refractivity contribution in [3.8, 4) is 11.5 Å². The van der Waals surface area contributed by atoms with Gasteiger partial charge in [0.05, 0.1) is 17.4 Å². The third kappa shape index (κ3) is 3.18. The standard InChI is InChI=1S/C17H14N4O3S2/c1-9-2-4-11-15(21-26-20-11)14(9)18-17(25)19-16(22)10-3-5-12-13(8-10)24-7-6-23-12/h2-5,8H,6-7H2,1H3,(H2,18,19,22,25). The molecule has 3 aromatic rings. The smallest absolute Gasteiger partial charge is 0.257 e. The first-order valence-electron chi connectivity index (χ1n) is 7.85. The van der Waals surface area contributed by atoms with Gasteiger partial charge in [-0.2, -0.15) is 8.75 Å². The largest absolute Gasteiger partial charge is 0.486 e. The first kappa shape index (κ1) is 16.7. The summed E-state index contributed by atoms with van der Waals surface area (Å²) in [5, 5.41) is 5.91. The molecule has 2 heterocycles. The summed E-state index contributed by atoms with van der Waals surface area (Å²) in [6.45, 7) is 2.90. The van der Waals surface area contributed by atoms with Crippen molar-refractivity contribution in [2.45, 2.75) is 6.92 Å². The Hall–Kier alpha value is -2.78. The monoisotopic (exact) mass is 386 g/mol. The van der Waals surface area contributed by atoms with Gasteiger partial charge >= 0.3 is 0 Å². The van der Waals surface area contributed by atoms with Crippen LogP contribution in [-0.2, 0) is 0 Å². The molecule has 1 aliphatic heterocycles. The Morgan fingerprint density at radius 2 is 1.96 bits per heavy atom. The van der Waals surface area contributed by atoms with E-state index in [2.05, 4.69) is 19.4 Å². The lowest BCUT2D eigenvalue weighted by atomic mass is 10.1. The predicted molar refractivity (Wildman–Crippen MR) is 103 cm³/mol. The second kappa shape index (κ2) is 6.85. The van der Waals surface area contributed by atoms with Crippen molar-refractivity contribution in [2.24, 2.45) is 0 Å². The van der Waals surface area contributed by atoms with Crippen LogP contribution in [0.4, 0.5) is 5.69 Å². The molecule has 0 spiro atoms. The normalized spacial score (nSPS) is 12.7. The van der Waals surface area contributed by atoms with Gasteiger partial charge in [-0.25, -0.2) is 0 Å². The van der Waals surface area contributed by atoms with Crippen LogP contribution in [-0.4, -0.2) is 33.0 Å². The number of hydrogen-bond donors (Lipinski definition) is 2. The van der Waals surface area contributed by atoms with Gasteiger partial charge in [-0.15, -0.1) is 0 Å². The summed E-state index contributed by atoms with van der Waals surface area (Å²) in [6.07, 6.45) is 0. The van der Waals surface area contributed by atoms with E-state index in [1.54, 1.807) is 18.2 Å². The Balaban J connectivity index is 1.50. The highest BCUT2D eigenvalue weighted by atomic mass is 32.1. The van der Waals surface area contributed by atoms with E-state index in [0.29, 0.717) is 30.3 Å². The van der Waals surface area contributed by atoms with Gasteiger partial charge < -0.3 is 14.8 Å². The van der Waals surface area contributed by atoms with Gasteiger partial charge in [0.15, 0.2) is 16.6 Å². The van der Waals surface area contributed by atoms with E-state index in [1.165, 1.54) is 0 Å². The SMILES string of the molecule is Cc1ccc2nsnc2c1NC(=S)NC(=O)c1ccc2c(c1)OCCO2. The van der Waals surface area contributed by atoms with Gasteiger partial charge in [0.25, 0.3) is 5.91 Å². The second-order valence-corrected chi connectivity index (χ2v) is 6.59. The summed E-state index contributed by atoms with van der Waals surface area (Å²) < 4.78 is 19.5. The molecule has 9 heteroatoms. The fourth-order valence-electron chi connectivity index (χ4n) is 2.61.